The number of carbonyl (C=O) groups is 1. The van der Waals surface area contributed by atoms with Gasteiger partial charge in [0, 0.05) is 17.6 Å². The average molecular weight is 630 g/mol. The van der Waals surface area contributed by atoms with E-state index in [1.807, 2.05) is 53.4 Å². The zero-order valence-corrected chi connectivity index (χ0v) is 25.7. The molecule has 8 heteroatoms. The van der Waals surface area contributed by atoms with Gasteiger partial charge in [-0.05, 0) is 83.6 Å². The number of benzene rings is 5. The summed E-state index contributed by atoms with van der Waals surface area (Å²) in [4.78, 5) is 15.8. The third kappa shape index (κ3) is 6.14. The highest BCUT2D eigenvalue weighted by Crippen LogP contribution is 2.32. The van der Waals surface area contributed by atoms with Crippen LogP contribution < -0.4 is 4.31 Å². The van der Waals surface area contributed by atoms with Crippen LogP contribution in [0.25, 0.3) is 10.8 Å². The molecule has 6 rings (SSSR count). The minimum absolute atomic E-state index is 0.00377. The molecule has 5 aromatic rings. The van der Waals surface area contributed by atoms with Crippen molar-refractivity contribution < 1.29 is 13.2 Å². The van der Waals surface area contributed by atoms with Crippen molar-refractivity contribution in [3.05, 3.63) is 142 Å². The summed E-state index contributed by atoms with van der Waals surface area (Å²) in [5, 5.41) is 3.07. The van der Waals surface area contributed by atoms with Crippen LogP contribution in [0.3, 0.4) is 0 Å². The second-order valence-electron chi connectivity index (χ2n) is 10.8. The summed E-state index contributed by atoms with van der Waals surface area (Å²) >= 11 is 12.7. The molecule has 1 unspecified atom stereocenters. The van der Waals surface area contributed by atoms with E-state index >= 15 is 0 Å². The van der Waals surface area contributed by atoms with Crippen molar-refractivity contribution in [2.45, 2.75) is 36.7 Å². The molecule has 43 heavy (non-hydrogen) atoms. The minimum atomic E-state index is -4.09. The standard InChI is InChI=1S/C35H30Cl2N2O3S/c36-28-15-17-29(18-16-28)39(24-25-8-2-1-3-9-25)43(41,42)31-19-20-34(37)33(23-31)35(40)38-21-7-13-30(38)22-27-12-6-11-26-10-4-5-14-32(26)27/h1-6,8-12,14-20,23,30H,7,13,21-22,24H2. The second-order valence-corrected chi connectivity index (χ2v) is 13.5. The zero-order valence-electron chi connectivity index (χ0n) is 23.4. The molecule has 0 N–H and O–H groups in total. The topological polar surface area (TPSA) is 57.7 Å². The maximum Gasteiger partial charge on any atom is 0.264 e. The molecule has 0 aromatic heterocycles. The van der Waals surface area contributed by atoms with E-state index < -0.39 is 10.0 Å². The molecule has 1 amide bonds. The van der Waals surface area contributed by atoms with Crippen LogP contribution in [-0.2, 0) is 23.0 Å². The zero-order chi connectivity index (χ0) is 30.0. The number of hydrogen-bond acceptors (Lipinski definition) is 3. The van der Waals surface area contributed by atoms with E-state index in [-0.39, 0.29) is 34.0 Å². The van der Waals surface area contributed by atoms with Crippen LogP contribution >= 0.6 is 23.2 Å². The molecule has 218 valence electrons. The molecule has 5 aromatic carbocycles. The van der Waals surface area contributed by atoms with Crippen molar-refractivity contribution in [3.63, 3.8) is 0 Å². The van der Waals surface area contributed by atoms with Crippen molar-refractivity contribution in [3.8, 4) is 0 Å². The number of carbonyl (C=O) groups excluding carboxylic acids is 1. The first-order chi connectivity index (χ1) is 20.8. The molecule has 1 atom stereocenters. The number of hydrogen-bond donors (Lipinski definition) is 0. The quantitative estimate of drug-likeness (QED) is 0.173. The van der Waals surface area contributed by atoms with Crippen LogP contribution in [0, 0.1) is 0 Å². The minimum Gasteiger partial charge on any atom is -0.335 e. The number of amides is 1. The fraction of sp³-hybridized carbons (Fsp3) is 0.171. The Kier molecular flexibility index (Phi) is 8.44. The molecule has 1 saturated heterocycles. The molecule has 1 aliphatic rings. The van der Waals surface area contributed by atoms with Crippen LogP contribution in [0.2, 0.25) is 10.0 Å². The van der Waals surface area contributed by atoms with E-state index in [1.165, 1.54) is 33.5 Å². The predicted molar refractivity (Wildman–Crippen MR) is 174 cm³/mol. The highest BCUT2D eigenvalue weighted by molar-refractivity contribution is 7.92. The maximum absolute atomic E-state index is 14.2. The maximum atomic E-state index is 14.2. The molecule has 0 bridgehead atoms. The van der Waals surface area contributed by atoms with Crippen molar-refractivity contribution in [1.82, 2.24) is 4.90 Å². The Balaban J connectivity index is 1.32. The summed E-state index contributed by atoms with van der Waals surface area (Å²) in [5.74, 6) is -0.258. The normalized spacial score (nSPS) is 15.1. The number of halogens is 2. The summed E-state index contributed by atoms with van der Waals surface area (Å²) in [5.41, 5.74) is 2.65. The highest BCUT2D eigenvalue weighted by Gasteiger charge is 2.33. The monoisotopic (exact) mass is 628 g/mol. The largest absolute Gasteiger partial charge is 0.335 e. The van der Waals surface area contributed by atoms with Gasteiger partial charge in [0.05, 0.1) is 27.7 Å². The third-order valence-electron chi connectivity index (χ3n) is 8.01. The highest BCUT2D eigenvalue weighted by atomic mass is 35.5. The van der Waals surface area contributed by atoms with E-state index in [1.54, 1.807) is 24.3 Å². The summed E-state index contributed by atoms with van der Waals surface area (Å²) < 4.78 is 29.7. The Morgan fingerprint density at radius 2 is 1.56 bits per heavy atom. The van der Waals surface area contributed by atoms with Gasteiger partial charge >= 0.3 is 0 Å². The Bertz CT molecular complexity index is 1870. The smallest absolute Gasteiger partial charge is 0.264 e. The van der Waals surface area contributed by atoms with Crippen LogP contribution in [0.4, 0.5) is 5.69 Å². The number of likely N-dealkylation sites (tertiary alicyclic amines) is 1. The van der Waals surface area contributed by atoms with E-state index in [4.69, 9.17) is 23.2 Å². The number of anilines is 1. The van der Waals surface area contributed by atoms with Crippen LogP contribution in [0.5, 0.6) is 0 Å². The average Bonchev–Trinajstić information content (AvgIpc) is 3.49. The molecule has 0 saturated carbocycles. The molecule has 1 fully saturated rings. The van der Waals surface area contributed by atoms with Crippen LogP contribution in [-0.4, -0.2) is 31.8 Å². The van der Waals surface area contributed by atoms with Crippen molar-refractivity contribution in [2.24, 2.45) is 0 Å². The van der Waals surface area contributed by atoms with Crippen LogP contribution in [0.1, 0.15) is 34.3 Å². The van der Waals surface area contributed by atoms with Gasteiger partial charge in [0.1, 0.15) is 0 Å². The summed E-state index contributed by atoms with van der Waals surface area (Å²) in [7, 11) is -4.09. The fourth-order valence-electron chi connectivity index (χ4n) is 5.82. The molecule has 1 aliphatic heterocycles. The lowest BCUT2D eigenvalue weighted by atomic mass is 9.97. The number of nitrogens with zero attached hydrogens (tertiary/aromatic N) is 2. The van der Waals surface area contributed by atoms with E-state index in [9.17, 15) is 13.2 Å². The Morgan fingerprint density at radius 1 is 0.837 bits per heavy atom. The van der Waals surface area contributed by atoms with E-state index in [0.29, 0.717) is 23.7 Å². The van der Waals surface area contributed by atoms with Gasteiger partial charge in [-0.2, -0.15) is 0 Å². The van der Waals surface area contributed by atoms with Crippen LogP contribution in [0.15, 0.2) is 120 Å². The first-order valence-corrected chi connectivity index (χ1v) is 16.4. The van der Waals surface area contributed by atoms with Crippen molar-refractivity contribution >= 4 is 55.6 Å². The Labute approximate surface area is 262 Å². The molecule has 5 nitrogen and oxygen atoms in total. The van der Waals surface area contributed by atoms with Gasteiger partial charge in [0.15, 0.2) is 0 Å². The predicted octanol–water partition coefficient (Wildman–Crippen LogP) is 8.39. The fourth-order valence-corrected chi connectivity index (χ4v) is 7.63. The van der Waals surface area contributed by atoms with Gasteiger partial charge in [-0.25, -0.2) is 8.42 Å². The van der Waals surface area contributed by atoms with Gasteiger partial charge in [-0.3, -0.25) is 9.10 Å². The Hall–Kier alpha value is -3.84. The van der Waals surface area contributed by atoms with Gasteiger partial charge in [0.25, 0.3) is 15.9 Å². The molecule has 1 heterocycles. The third-order valence-corrected chi connectivity index (χ3v) is 10.4. The molecular weight excluding hydrogens is 599 g/mol. The lowest BCUT2D eigenvalue weighted by Crippen LogP contribution is -2.37. The van der Waals surface area contributed by atoms with Gasteiger partial charge in [0.2, 0.25) is 0 Å². The first kappa shape index (κ1) is 29.2. The first-order valence-electron chi connectivity index (χ1n) is 14.2. The molecule has 0 aliphatic carbocycles. The molecule has 0 spiro atoms. The molecule has 0 radical (unpaired) electrons. The molecular formula is C35H30Cl2N2O3S. The lowest BCUT2D eigenvalue weighted by Gasteiger charge is -2.27. The van der Waals surface area contributed by atoms with Gasteiger partial charge < -0.3 is 4.90 Å². The summed E-state index contributed by atoms with van der Waals surface area (Å²) in [6.45, 7) is 0.697. The summed E-state index contributed by atoms with van der Waals surface area (Å²) in [6, 6.07) is 34.9. The summed E-state index contributed by atoms with van der Waals surface area (Å²) in [6.07, 6.45) is 2.45. The number of rotatable bonds is 8. The lowest BCUT2D eigenvalue weighted by molar-refractivity contribution is 0.0736. The van der Waals surface area contributed by atoms with Gasteiger partial charge in [-0.1, -0.05) is 96.0 Å². The Morgan fingerprint density at radius 3 is 2.35 bits per heavy atom. The van der Waals surface area contributed by atoms with Gasteiger partial charge in [-0.15, -0.1) is 0 Å². The van der Waals surface area contributed by atoms with Crippen molar-refractivity contribution in [1.29, 1.82) is 0 Å². The van der Waals surface area contributed by atoms with Crippen molar-refractivity contribution in [2.75, 3.05) is 10.8 Å². The second kappa shape index (κ2) is 12.4. The SMILES string of the molecule is O=C(c1cc(S(=O)(=O)N(Cc2ccccc2)c2ccc(Cl)cc2)ccc1Cl)N1CCCC1Cc1cccc2ccccc12. The van der Waals surface area contributed by atoms with E-state index in [0.717, 1.165) is 23.8 Å². The number of fused-ring (bicyclic) bond motifs is 1. The van der Waals surface area contributed by atoms with E-state index in [2.05, 4.69) is 24.3 Å². The number of sulfonamides is 1.